The number of hydrogen-bond acceptors (Lipinski definition) is 3. The number of rotatable bonds is 8. The van der Waals surface area contributed by atoms with Crippen molar-refractivity contribution >= 4 is 8.03 Å². The van der Waals surface area contributed by atoms with E-state index in [1.54, 1.807) is 0 Å². The molecule has 2 aromatic carbocycles. The third-order valence-corrected chi connectivity index (χ3v) is 3.99. The standard InChI is InChI=1S/C18H22NO3P/c1-14(19-15(2)17-6-4-3-5-7-17)12-16-8-10-18(11-9-16)22-13-23(20)21/h3-11,14-15,19H,12-13H2,1-2H3/p+1. The summed E-state index contributed by atoms with van der Waals surface area (Å²) in [5.74, 6) is 0.615. The van der Waals surface area contributed by atoms with Gasteiger partial charge in [0.1, 0.15) is 5.75 Å². The van der Waals surface area contributed by atoms with Crippen LogP contribution in [0.25, 0.3) is 0 Å². The van der Waals surface area contributed by atoms with E-state index in [1.165, 1.54) is 11.1 Å². The smallest absolute Gasteiger partial charge is 0.446 e. The van der Waals surface area contributed by atoms with Gasteiger partial charge in [-0.1, -0.05) is 42.5 Å². The first-order valence-electron chi connectivity index (χ1n) is 7.71. The summed E-state index contributed by atoms with van der Waals surface area (Å²) in [6, 6.07) is 18.7. The second kappa shape index (κ2) is 8.78. The average molecular weight is 332 g/mol. The zero-order valence-electron chi connectivity index (χ0n) is 13.5. The number of benzene rings is 2. The highest BCUT2D eigenvalue weighted by molar-refractivity contribution is 7.37. The van der Waals surface area contributed by atoms with E-state index in [4.69, 9.17) is 9.63 Å². The van der Waals surface area contributed by atoms with E-state index >= 15 is 0 Å². The lowest BCUT2D eigenvalue weighted by Gasteiger charge is -2.20. The first-order valence-corrected chi connectivity index (χ1v) is 9.10. The van der Waals surface area contributed by atoms with Gasteiger partial charge in [-0.3, -0.25) is 0 Å². The van der Waals surface area contributed by atoms with Crippen molar-refractivity contribution in [1.82, 2.24) is 5.32 Å². The van der Waals surface area contributed by atoms with Crippen LogP contribution in [0.1, 0.15) is 31.0 Å². The molecule has 3 atom stereocenters. The highest BCUT2D eigenvalue weighted by Gasteiger charge is 2.12. The summed E-state index contributed by atoms with van der Waals surface area (Å²) in [7, 11) is -2.26. The van der Waals surface area contributed by atoms with E-state index in [1.807, 2.05) is 30.3 Å². The van der Waals surface area contributed by atoms with Gasteiger partial charge in [-0.05, 0) is 48.1 Å². The van der Waals surface area contributed by atoms with Crippen LogP contribution < -0.4 is 10.1 Å². The largest absolute Gasteiger partial charge is 0.547 e. The van der Waals surface area contributed by atoms with Crippen LogP contribution in [0, 0.1) is 0 Å². The van der Waals surface area contributed by atoms with Crippen LogP contribution in [-0.2, 0) is 11.0 Å². The van der Waals surface area contributed by atoms with E-state index < -0.39 is 8.03 Å². The molecule has 5 heteroatoms. The van der Waals surface area contributed by atoms with Crippen molar-refractivity contribution in [2.45, 2.75) is 32.4 Å². The fourth-order valence-corrected chi connectivity index (χ4v) is 2.79. The normalized spacial score (nSPS) is 14.1. The number of nitrogens with one attached hydrogen (secondary N) is 1. The molecule has 0 bridgehead atoms. The Morgan fingerprint density at radius 2 is 1.74 bits per heavy atom. The van der Waals surface area contributed by atoms with Crippen molar-refractivity contribution in [3.63, 3.8) is 0 Å². The Labute approximate surface area is 138 Å². The van der Waals surface area contributed by atoms with Crippen LogP contribution in [0.3, 0.4) is 0 Å². The quantitative estimate of drug-likeness (QED) is 0.716. The summed E-state index contributed by atoms with van der Waals surface area (Å²) in [6.45, 7) is 4.33. The Morgan fingerprint density at radius 3 is 2.35 bits per heavy atom. The van der Waals surface area contributed by atoms with Crippen LogP contribution in [-0.4, -0.2) is 17.3 Å². The molecule has 0 amide bonds. The van der Waals surface area contributed by atoms with Crippen molar-refractivity contribution in [1.29, 1.82) is 0 Å². The first kappa shape index (κ1) is 17.6. The lowest BCUT2D eigenvalue weighted by atomic mass is 10.0. The molecule has 23 heavy (non-hydrogen) atoms. The van der Waals surface area contributed by atoms with Crippen LogP contribution in [0.4, 0.5) is 0 Å². The van der Waals surface area contributed by atoms with Crippen molar-refractivity contribution in [3.8, 4) is 5.75 Å². The molecule has 122 valence electrons. The summed E-state index contributed by atoms with van der Waals surface area (Å²) >= 11 is 0. The van der Waals surface area contributed by atoms with Crippen molar-refractivity contribution in [3.05, 3.63) is 65.7 Å². The molecule has 2 N–H and O–H groups in total. The first-order chi connectivity index (χ1) is 11.0. The lowest BCUT2D eigenvalue weighted by Crippen LogP contribution is -2.30. The van der Waals surface area contributed by atoms with Crippen LogP contribution >= 0.6 is 8.03 Å². The summed E-state index contributed by atoms with van der Waals surface area (Å²) in [5, 5.41) is 3.60. The second-order valence-electron chi connectivity index (χ2n) is 5.67. The minimum atomic E-state index is -2.26. The van der Waals surface area contributed by atoms with Crippen molar-refractivity contribution in [2.24, 2.45) is 0 Å². The van der Waals surface area contributed by atoms with Gasteiger partial charge in [0.05, 0.1) is 0 Å². The minimum absolute atomic E-state index is 0.165. The lowest BCUT2D eigenvalue weighted by molar-refractivity contribution is 0.360. The zero-order valence-corrected chi connectivity index (χ0v) is 14.4. The summed E-state index contributed by atoms with van der Waals surface area (Å²) in [5.41, 5.74) is 2.48. The maximum atomic E-state index is 10.6. The second-order valence-corrected chi connectivity index (χ2v) is 6.64. The molecular formula is C18H23NO3P+. The summed E-state index contributed by atoms with van der Waals surface area (Å²) in [6.07, 6.45) is 0.743. The Morgan fingerprint density at radius 1 is 1.09 bits per heavy atom. The predicted octanol–water partition coefficient (Wildman–Crippen LogP) is 4.04. The molecule has 0 saturated heterocycles. The average Bonchev–Trinajstić information content (AvgIpc) is 2.55. The Bertz CT molecular complexity index is 616. The van der Waals surface area contributed by atoms with Crippen LogP contribution in [0.2, 0.25) is 0 Å². The Kier molecular flexibility index (Phi) is 6.72. The Hall–Kier alpha value is -1.74. The van der Waals surface area contributed by atoms with E-state index in [9.17, 15) is 4.57 Å². The van der Waals surface area contributed by atoms with Crippen molar-refractivity contribution in [2.75, 3.05) is 6.35 Å². The van der Waals surface area contributed by atoms with Gasteiger partial charge in [0.25, 0.3) is 0 Å². The molecule has 0 aliphatic carbocycles. The molecule has 0 fully saturated rings. The molecule has 0 aliphatic rings. The predicted molar refractivity (Wildman–Crippen MR) is 92.9 cm³/mol. The molecule has 2 rings (SSSR count). The molecule has 2 aromatic rings. The van der Waals surface area contributed by atoms with E-state index in [-0.39, 0.29) is 6.35 Å². The molecule has 0 aliphatic heterocycles. The molecular weight excluding hydrogens is 309 g/mol. The van der Waals surface area contributed by atoms with Gasteiger partial charge in [0.15, 0.2) is 0 Å². The number of hydrogen-bond donors (Lipinski definition) is 2. The third kappa shape index (κ3) is 6.11. The van der Waals surface area contributed by atoms with E-state index in [2.05, 4.69) is 43.4 Å². The number of ether oxygens (including phenoxy) is 1. The van der Waals surface area contributed by atoms with Gasteiger partial charge < -0.3 is 10.1 Å². The topological polar surface area (TPSA) is 58.6 Å². The van der Waals surface area contributed by atoms with Gasteiger partial charge in [-0.2, -0.15) is 4.89 Å². The molecule has 0 aromatic heterocycles. The fraction of sp³-hybridized carbons (Fsp3) is 0.333. The van der Waals surface area contributed by atoms with Gasteiger partial charge in [-0.15, -0.1) is 0 Å². The van der Waals surface area contributed by atoms with Gasteiger partial charge in [0, 0.05) is 12.1 Å². The highest BCUT2D eigenvalue weighted by atomic mass is 31.1. The van der Waals surface area contributed by atoms with E-state index in [0.29, 0.717) is 17.8 Å². The van der Waals surface area contributed by atoms with E-state index in [0.717, 1.165) is 6.42 Å². The van der Waals surface area contributed by atoms with Crippen LogP contribution in [0.15, 0.2) is 54.6 Å². The zero-order chi connectivity index (χ0) is 16.7. The van der Waals surface area contributed by atoms with Gasteiger partial charge >= 0.3 is 14.4 Å². The molecule has 4 nitrogen and oxygen atoms in total. The molecule has 0 heterocycles. The summed E-state index contributed by atoms with van der Waals surface area (Å²) in [4.78, 5) is 8.74. The molecule has 0 spiro atoms. The molecule has 0 radical (unpaired) electrons. The SMILES string of the molecule is CC(Cc1ccc(OC[P+](=O)O)cc1)NC(C)c1ccccc1. The van der Waals surface area contributed by atoms with Gasteiger partial charge in [0.2, 0.25) is 0 Å². The molecule has 3 unspecified atom stereocenters. The monoisotopic (exact) mass is 332 g/mol. The summed E-state index contributed by atoms with van der Waals surface area (Å²) < 4.78 is 15.8. The van der Waals surface area contributed by atoms with Crippen molar-refractivity contribution < 1.29 is 14.2 Å². The Balaban J connectivity index is 1.85. The van der Waals surface area contributed by atoms with Gasteiger partial charge in [-0.25, -0.2) is 0 Å². The maximum absolute atomic E-state index is 10.6. The molecule has 0 saturated carbocycles. The van der Waals surface area contributed by atoms with Crippen LogP contribution in [0.5, 0.6) is 5.75 Å². The minimum Gasteiger partial charge on any atom is -0.446 e. The third-order valence-electron chi connectivity index (χ3n) is 3.64. The fourth-order valence-electron chi connectivity index (χ4n) is 2.53. The maximum Gasteiger partial charge on any atom is 0.547 e. The highest BCUT2D eigenvalue weighted by Crippen LogP contribution is 2.19.